The first-order chi connectivity index (χ1) is 14.5. The van der Waals surface area contributed by atoms with Crippen molar-refractivity contribution in [2.45, 2.75) is 38.9 Å². The van der Waals surface area contributed by atoms with Crippen molar-refractivity contribution >= 4 is 11.8 Å². The van der Waals surface area contributed by atoms with E-state index in [4.69, 9.17) is 5.11 Å². The largest absolute Gasteiger partial charge is 0.507 e. The van der Waals surface area contributed by atoms with Crippen molar-refractivity contribution in [2.75, 3.05) is 25.0 Å². The van der Waals surface area contributed by atoms with Crippen LogP contribution in [0.5, 0.6) is 5.75 Å². The minimum atomic E-state index is -4.54. The van der Waals surface area contributed by atoms with Crippen molar-refractivity contribution < 1.29 is 28.2 Å². The van der Waals surface area contributed by atoms with Gasteiger partial charge < -0.3 is 20.4 Å². The van der Waals surface area contributed by atoms with Crippen LogP contribution in [0, 0.1) is 12.8 Å². The Morgan fingerprint density at radius 3 is 2.68 bits per heavy atom. The number of alkyl halides is 3. The summed E-state index contributed by atoms with van der Waals surface area (Å²) >= 11 is 0. The van der Waals surface area contributed by atoms with Crippen molar-refractivity contribution in [2.24, 2.45) is 5.92 Å². The van der Waals surface area contributed by atoms with Crippen molar-refractivity contribution in [3.8, 4) is 17.0 Å². The molecule has 2 heterocycles. The summed E-state index contributed by atoms with van der Waals surface area (Å²) in [4.78, 5) is 13.2. The molecule has 0 spiro atoms. The highest BCUT2D eigenvalue weighted by Crippen LogP contribution is 2.36. The number of hydrogen-bond acceptors (Lipinski definition) is 6. The molecule has 168 valence electrons. The van der Waals surface area contributed by atoms with Gasteiger partial charge in [-0.05, 0) is 56.1 Å². The molecule has 1 aromatic carbocycles. The lowest BCUT2D eigenvalue weighted by molar-refractivity contribution is -0.142. The molecule has 2 aromatic rings. The van der Waals surface area contributed by atoms with E-state index in [1.165, 1.54) is 6.07 Å². The number of nitrogens with zero attached hydrogens (tertiary/aromatic N) is 3. The van der Waals surface area contributed by atoms with Gasteiger partial charge in [0, 0.05) is 24.7 Å². The second-order valence-electron chi connectivity index (χ2n) is 7.97. The van der Waals surface area contributed by atoms with Crippen LogP contribution in [0.15, 0.2) is 24.3 Å². The van der Waals surface area contributed by atoms with Crippen LogP contribution in [0.3, 0.4) is 0 Å². The monoisotopic (exact) mass is 438 g/mol. The summed E-state index contributed by atoms with van der Waals surface area (Å²) in [6.45, 7) is 5.43. The summed E-state index contributed by atoms with van der Waals surface area (Å²) in [5, 5.41) is 30.7. The molecule has 0 bridgehead atoms. The quantitative estimate of drug-likeness (QED) is 0.631. The molecule has 0 amide bonds. The van der Waals surface area contributed by atoms with Crippen molar-refractivity contribution in [1.82, 2.24) is 15.1 Å². The molecule has 1 saturated heterocycles. The molecule has 3 N–H and O–H groups in total. The highest BCUT2D eigenvalue weighted by atomic mass is 19.4. The zero-order valence-corrected chi connectivity index (χ0v) is 17.3. The minimum absolute atomic E-state index is 0.0776. The van der Waals surface area contributed by atoms with Gasteiger partial charge in [0.2, 0.25) is 0 Å². The molecule has 0 radical (unpaired) electrons. The van der Waals surface area contributed by atoms with Gasteiger partial charge in [0.05, 0.1) is 17.2 Å². The molecule has 3 rings (SSSR count). The Kier molecular flexibility index (Phi) is 6.68. The molecule has 1 aliphatic heterocycles. The SMILES string of the molecule is Cc1cc(NC2CCCN(C[C@H](C)C(=O)O)C2)nnc1-c1ccc(C(F)(F)F)cc1O. The highest BCUT2D eigenvalue weighted by molar-refractivity contribution is 5.71. The number of aryl methyl sites for hydroxylation is 1. The van der Waals surface area contributed by atoms with E-state index < -0.39 is 29.4 Å². The van der Waals surface area contributed by atoms with E-state index in [1.807, 2.05) is 0 Å². The van der Waals surface area contributed by atoms with Crippen LogP contribution in [0.1, 0.15) is 30.9 Å². The van der Waals surface area contributed by atoms with Gasteiger partial charge in [-0.15, -0.1) is 10.2 Å². The lowest BCUT2D eigenvalue weighted by atomic mass is 10.0. The van der Waals surface area contributed by atoms with E-state index in [1.54, 1.807) is 19.9 Å². The molecular formula is C21H25F3N4O3. The number of aromatic hydroxyl groups is 1. The number of phenols is 1. The first kappa shape index (κ1) is 22.8. The Hall–Kier alpha value is -2.88. The van der Waals surface area contributed by atoms with Gasteiger partial charge in [0.1, 0.15) is 11.6 Å². The minimum Gasteiger partial charge on any atom is -0.507 e. The first-order valence-electron chi connectivity index (χ1n) is 10.0. The van der Waals surface area contributed by atoms with Gasteiger partial charge in [0.25, 0.3) is 0 Å². The maximum atomic E-state index is 12.8. The fourth-order valence-electron chi connectivity index (χ4n) is 3.74. The summed E-state index contributed by atoms with van der Waals surface area (Å²) in [6, 6.07) is 4.58. The number of benzene rings is 1. The zero-order chi connectivity index (χ0) is 22.8. The first-order valence-corrected chi connectivity index (χ1v) is 10.0. The van der Waals surface area contributed by atoms with Crippen LogP contribution in [-0.4, -0.2) is 57.0 Å². The summed E-state index contributed by atoms with van der Waals surface area (Å²) in [5.41, 5.74) is 0.199. The van der Waals surface area contributed by atoms with Crippen LogP contribution in [0.25, 0.3) is 11.3 Å². The maximum absolute atomic E-state index is 12.8. The summed E-state index contributed by atoms with van der Waals surface area (Å²) in [5.74, 6) is -1.26. The molecular weight excluding hydrogens is 413 g/mol. The van der Waals surface area contributed by atoms with Gasteiger partial charge >= 0.3 is 12.1 Å². The average Bonchev–Trinajstić information content (AvgIpc) is 2.68. The maximum Gasteiger partial charge on any atom is 0.416 e. The second kappa shape index (κ2) is 9.09. The van der Waals surface area contributed by atoms with Gasteiger partial charge in [-0.1, -0.05) is 6.92 Å². The summed E-state index contributed by atoms with van der Waals surface area (Å²) in [7, 11) is 0. The number of piperidine rings is 1. The van der Waals surface area contributed by atoms with E-state index in [-0.39, 0.29) is 11.6 Å². The lowest BCUT2D eigenvalue weighted by Gasteiger charge is -2.34. The number of carboxylic acids is 1. The molecule has 1 unspecified atom stereocenters. The van der Waals surface area contributed by atoms with Crippen LogP contribution in [-0.2, 0) is 11.0 Å². The standard InChI is InChI=1S/C21H25F3N4O3/c1-12-8-18(25-15-4-3-7-28(11-15)10-13(2)20(30)31)26-27-19(12)16-6-5-14(9-17(16)29)21(22,23)24/h5-6,8-9,13,15,29H,3-4,7,10-11H2,1-2H3,(H,25,26)(H,30,31)/t13-,15?/m0/s1. The Bertz CT molecular complexity index is 952. The Labute approximate surface area is 177 Å². The van der Waals surface area contributed by atoms with E-state index in [2.05, 4.69) is 20.4 Å². The number of aliphatic carboxylic acids is 1. The number of halogens is 3. The molecule has 2 atom stereocenters. The van der Waals surface area contributed by atoms with Crippen LogP contribution < -0.4 is 5.32 Å². The van der Waals surface area contributed by atoms with Gasteiger partial charge in [-0.2, -0.15) is 13.2 Å². The summed E-state index contributed by atoms with van der Waals surface area (Å²) in [6.07, 6.45) is -2.71. The fourth-order valence-corrected chi connectivity index (χ4v) is 3.74. The van der Waals surface area contributed by atoms with Crippen molar-refractivity contribution in [3.63, 3.8) is 0 Å². The van der Waals surface area contributed by atoms with E-state index in [9.17, 15) is 23.1 Å². The molecule has 1 aromatic heterocycles. The topological polar surface area (TPSA) is 98.6 Å². The Morgan fingerprint density at radius 1 is 1.32 bits per heavy atom. The third-order valence-corrected chi connectivity index (χ3v) is 5.38. The van der Waals surface area contributed by atoms with Crippen LogP contribution >= 0.6 is 0 Å². The molecule has 0 aliphatic carbocycles. The molecule has 10 heteroatoms. The predicted octanol–water partition coefficient (Wildman–Crippen LogP) is 3.77. The van der Waals surface area contributed by atoms with Gasteiger partial charge in [-0.3, -0.25) is 4.79 Å². The number of carbonyl (C=O) groups is 1. The normalized spacial score (nSPS) is 18.5. The number of hydrogen-bond donors (Lipinski definition) is 3. The molecule has 7 nitrogen and oxygen atoms in total. The Balaban J connectivity index is 1.71. The van der Waals surface area contributed by atoms with E-state index in [0.29, 0.717) is 36.2 Å². The number of nitrogens with one attached hydrogen (secondary N) is 1. The molecule has 31 heavy (non-hydrogen) atoms. The smallest absolute Gasteiger partial charge is 0.416 e. The van der Waals surface area contributed by atoms with Crippen LogP contribution in [0.4, 0.5) is 19.0 Å². The zero-order valence-electron chi connectivity index (χ0n) is 17.3. The molecule has 1 fully saturated rings. The predicted molar refractivity (Wildman–Crippen MR) is 109 cm³/mol. The number of carboxylic acid groups (broad SMARTS) is 1. The highest BCUT2D eigenvalue weighted by Gasteiger charge is 2.31. The lowest BCUT2D eigenvalue weighted by Crippen LogP contribution is -2.44. The average molecular weight is 438 g/mol. The Morgan fingerprint density at radius 2 is 2.06 bits per heavy atom. The molecule has 1 aliphatic rings. The van der Waals surface area contributed by atoms with E-state index in [0.717, 1.165) is 25.5 Å². The molecule has 0 saturated carbocycles. The van der Waals surface area contributed by atoms with E-state index >= 15 is 0 Å². The number of likely N-dealkylation sites (tertiary alicyclic amines) is 1. The second-order valence-corrected chi connectivity index (χ2v) is 7.97. The van der Waals surface area contributed by atoms with Gasteiger partial charge in [-0.25, -0.2) is 0 Å². The third-order valence-electron chi connectivity index (χ3n) is 5.38. The third kappa shape index (κ3) is 5.63. The van der Waals surface area contributed by atoms with Gasteiger partial charge in [0.15, 0.2) is 0 Å². The number of anilines is 1. The fraction of sp³-hybridized carbons (Fsp3) is 0.476. The number of rotatable bonds is 6. The number of phenolic OH excluding ortho intramolecular Hbond substituents is 1. The van der Waals surface area contributed by atoms with Crippen LogP contribution in [0.2, 0.25) is 0 Å². The van der Waals surface area contributed by atoms with Crippen molar-refractivity contribution in [1.29, 1.82) is 0 Å². The van der Waals surface area contributed by atoms with Crippen molar-refractivity contribution in [3.05, 3.63) is 35.4 Å². The number of aromatic nitrogens is 2. The summed E-state index contributed by atoms with van der Waals surface area (Å²) < 4.78 is 38.4.